The van der Waals surface area contributed by atoms with E-state index in [9.17, 15) is 4.79 Å². The number of hydrogen-bond acceptors (Lipinski definition) is 3. The van der Waals surface area contributed by atoms with Crippen molar-refractivity contribution in [3.8, 4) is 0 Å². The standard InChI is InChI=1S/C20H26N2OS/c1-15(2)19(24-14-17-6-4-3-5-7-17)20(23)22-13-12-16-8-10-18(21)11-9-16/h3-11,15,19H,12-14,21H2,1-2H3,(H,22,23). The van der Waals surface area contributed by atoms with Crippen molar-refractivity contribution >= 4 is 23.4 Å². The number of carbonyl (C=O) groups excluding carboxylic acids is 1. The van der Waals surface area contributed by atoms with E-state index in [4.69, 9.17) is 5.73 Å². The first-order valence-electron chi connectivity index (χ1n) is 8.34. The van der Waals surface area contributed by atoms with Crippen LogP contribution in [-0.4, -0.2) is 17.7 Å². The smallest absolute Gasteiger partial charge is 0.233 e. The molecular formula is C20H26N2OS. The third kappa shape index (κ3) is 5.93. The maximum atomic E-state index is 12.5. The van der Waals surface area contributed by atoms with Crippen LogP contribution in [0.5, 0.6) is 0 Å². The lowest BCUT2D eigenvalue weighted by atomic mass is 10.1. The topological polar surface area (TPSA) is 55.1 Å². The zero-order valence-electron chi connectivity index (χ0n) is 14.4. The molecule has 1 atom stereocenters. The summed E-state index contributed by atoms with van der Waals surface area (Å²) in [6.07, 6.45) is 0.820. The number of nitrogens with two attached hydrogens (primary N) is 1. The number of benzene rings is 2. The predicted octanol–water partition coefficient (Wildman–Crippen LogP) is 3.89. The van der Waals surface area contributed by atoms with Gasteiger partial charge in [-0.15, -0.1) is 11.8 Å². The molecule has 0 saturated carbocycles. The zero-order valence-corrected chi connectivity index (χ0v) is 15.2. The SMILES string of the molecule is CC(C)C(SCc1ccccc1)C(=O)NCCc1ccc(N)cc1. The lowest BCUT2D eigenvalue weighted by molar-refractivity contribution is -0.121. The van der Waals surface area contributed by atoms with Crippen molar-refractivity contribution in [3.63, 3.8) is 0 Å². The highest BCUT2D eigenvalue weighted by molar-refractivity contribution is 7.99. The van der Waals surface area contributed by atoms with Crippen LogP contribution in [0.25, 0.3) is 0 Å². The number of anilines is 1. The van der Waals surface area contributed by atoms with E-state index >= 15 is 0 Å². The molecule has 0 saturated heterocycles. The van der Waals surface area contributed by atoms with Gasteiger partial charge in [0.2, 0.25) is 5.91 Å². The van der Waals surface area contributed by atoms with Crippen LogP contribution >= 0.6 is 11.8 Å². The molecule has 0 fully saturated rings. The van der Waals surface area contributed by atoms with Gasteiger partial charge in [0.15, 0.2) is 0 Å². The van der Waals surface area contributed by atoms with Crippen molar-refractivity contribution in [1.29, 1.82) is 0 Å². The highest BCUT2D eigenvalue weighted by atomic mass is 32.2. The molecule has 3 nitrogen and oxygen atoms in total. The van der Waals surface area contributed by atoms with Gasteiger partial charge in [0.25, 0.3) is 0 Å². The third-order valence-corrected chi connectivity index (χ3v) is 5.45. The second-order valence-corrected chi connectivity index (χ2v) is 7.37. The van der Waals surface area contributed by atoms with Crippen molar-refractivity contribution in [2.24, 2.45) is 5.92 Å². The number of hydrogen-bond donors (Lipinski definition) is 2. The Morgan fingerprint density at radius 2 is 1.71 bits per heavy atom. The van der Waals surface area contributed by atoms with E-state index in [1.165, 1.54) is 11.1 Å². The van der Waals surface area contributed by atoms with Crippen molar-refractivity contribution in [3.05, 3.63) is 65.7 Å². The molecule has 0 spiro atoms. The minimum Gasteiger partial charge on any atom is -0.399 e. The Labute approximate surface area is 149 Å². The van der Waals surface area contributed by atoms with Crippen LogP contribution in [0.2, 0.25) is 0 Å². The van der Waals surface area contributed by atoms with Crippen molar-refractivity contribution in [2.45, 2.75) is 31.3 Å². The number of nitrogens with one attached hydrogen (secondary N) is 1. The summed E-state index contributed by atoms with van der Waals surface area (Å²) in [6.45, 7) is 4.85. The molecule has 0 radical (unpaired) electrons. The first-order chi connectivity index (χ1) is 11.6. The Balaban J connectivity index is 1.81. The van der Waals surface area contributed by atoms with E-state index < -0.39 is 0 Å². The van der Waals surface area contributed by atoms with Gasteiger partial charge in [-0.25, -0.2) is 0 Å². The molecule has 0 aromatic heterocycles. The summed E-state index contributed by atoms with van der Waals surface area (Å²) in [5, 5.41) is 3.04. The Hall–Kier alpha value is -1.94. The van der Waals surface area contributed by atoms with Crippen molar-refractivity contribution in [2.75, 3.05) is 12.3 Å². The van der Waals surface area contributed by atoms with Gasteiger partial charge in [-0.05, 0) is 35.6 Å². The van der Waals surface area contributed by atoms with Gasteiger partial charge >= 0.3 is 0 Å². The minimum absolute atomic E-state index is 0.0309. The highest BCUT2D eigenvalue weighted by Crippen LogP contribution is 2.24. The Bertz CT molecular complexity index is 626. The maximum Gasteiger partial charge on any atom is 0.233 e. The van der Waals surface area contributed by atoms with E-state index in [-0.39, 0.29) is 11.2 Å². The molecule has 24 heavy (non-hydrogen) atoms. The molecule has 2 rings (SSSR count). The molecule has 3 N–H and O–H groups in total. The molecule has 1 amide bonds. The predicted molar refractivity (Wildman–Crippen MR) is 104 cm³/mol. The molecule has 4 heteroatoms. The van der Waals surface area contributed by atoms with Crippen molar-refractivity contribution in [1.82, 2.24) is 5.32 Å². The molecule has 128 valence electrons. The second kappa shape index (κ2) is 9.38. The Morgan fingerprint density at radius 3 is 2.33 bits per heavy atom. The van der Waals surface area contributed by atoms with Gasteiger partial charge in [0, 0.05) is 18.0 Å². The van der Waals surface area contributed by atoms with E-state index in [0.29, 0.717) is 12.5 Å². The summed E-state index contributed by atoms with van der Waals surface area (Å²) < 4.78 is 0. The van der Waals surface area contributed by atoms with Crippen LogP contribution in [0.1, 0.15) is 25.0 Å². The maximum absolute atomic E-state index is 12.5. The van der Waals surface area contributed by atoms with Crippen LogP contribution in [-0.2, 0) is 17.0 Å². The summed E-state index contributed by atoms with van der Waals surface area (Å²) >= 11 is 1.71. The molecular weight excluding hydrogens is 316 g/mol. The second-order valence-electron chi connectivity index (χ2n) is 6.24. The molecule has 0 bridgehead atoms. The van der Waals surface area contributed by atoms with Gasteiger partial charge in [0.1, 0.15) is 0 Å². The van der Waals surface area contributed by atoms with Crippen molar-refractivity contribution < 1.29 is 4.79 Å². The zero-order chi connectivity index (χ0) is 17.4. The fourth-order valence-corrected chi connectivity index (χ4v) is 3.63. The summed E-state index contributed by atoms with van der Waals surface area (Å²) in [7, 11) is 0. The minimum atomic E-state index is -0.0309. The molecule has 0 aliphatic carbocycles. The third-order valence-electron chi connectivity index (χ3n) is 3.83. The summed E-state index contributed by atoms with van der Waals surface area (Å²) in [6, 6.07) is 18.1. The summed E-state index contributed by atoms with van der Waals surface area (Å²) in [5.41, 5.74) is 8.88. The van der Waals surface area contributed by atoms with E-state index in [0.717, 1.165) is 17.9 Å². The van der Waals surface area contributed by atoms with Crippen LogP contribution in [0.15, 0.2) is 54.6 Å². The fraction of sp³-hybridized carbons (Fsp3) is 0.350. The number of rotatable bonds is 8. The lowest BCUT2D eigenvalue weighted by Gasteiger charge is -2.20. The first-order valence-corrected chi connectivity index (χ1v) is 9.39. The highest BCUT2D eigenvalue weighted by Gasteiger charge is 2.22. The van der Waals surface area contributed by atoms with Gasteiger partial charge in [-0.2, -0.15) is 0 Å². The van der Waals surface area contributed by atoms with Gasteiger partial charge < -0.3 is 11.1 Å². The number of carbonyl (C=O) groups is 1. The largest absolute Gasteiger partial charge is 0.399 e. The molecule has 0 aliphatic rings. The average molecular weight is 343 g/mol. The van der Waals surface area contributed by atoms with Crippen LogP contribution in [0.3, 0.4) is 0 Å². The van der Waals surface area contributed by atoms with E-state index in [2.05, 4.69) is 31.3 Å². The normalized spacial score (nSPS) is 12.1. The fourth-order valence-electron chi connectivity index (χ4n) is 2.45. The molecule has 0 heterocycles. The lowest BCUT2D eigenvalue weighted by Crippen LogP contribution is -2.37. The monoisotopic (exact) mass is 342 g/mol. The summed E-state index contributed by atoms with van der Waals surface area (Å²) in [5.74, 6) is 1.28. The number of thioether (sulfide) groups is 1. The summed E-state index contributed by atoms with van der Waals surface area (Å²) in [4.78, 5) is 12.5. The Morgan fingerprint density at radius 1 is 1.04 bits per heavy atom. The number of nitrogen functional groups attached to an aromatic ring is 1. The van der Waals surface area contributed by atoms with Gasteiger partial charge in [0.05, 0.1) is 5.25 Å². The molecule has 2 aromatic carbocycles. The molecule has 2 aromatic rings. The van der Waals surface area contributed by atoms with Crippen LogP contribution < -0.4 is 11.1 Å². The quantitative estimate of drug-likeness (QED) is 0.716. The van der Waals surface area contributed by atoms with Crippen LogP contribution in [0.4, 0.5) is 5.69 Å². The van der Waals surface area contributed by atoms with Gasteiger partial charge in [-0.1, -0.05) is 56.3 Å². The van der Waals surface area contributed by atoms with E-state index in [1.54, 1.807) is 11.8 Å². The molecule has 0 aliphatic heterocycles. The number of amides is 1. The van der Waals surface area contributed by atoms with E-state index in [1.807, 2.05) is 42.5 Å². The Kier molecular flexibility index (Phi) is 7.19. The van der Waals surface area contributed by atoms with Gasteiger partial charge in [-0.3, -0.25) is 4.79 Å². The molecule has 1 unspecified atom stereocenters. The first kappa shape index (κ1) is 18.4. The van der Waals surface area contributed by atoms with Crippen LogP contribution in [0, 0.1) is 5.92 Å². The average Bonchev–Trinajstić information content (AvgIpc) is 2.57.